The van der Waals surface area contributed by atoms with Gasteiger partial charge < -0.3 is 20.5 Å². The molecule has 0 aliphatic heterocycles. The van der Waals surface area contributed by atoms with E-state index in [1.54, 1.807) is 25.3 Å². The molecular formula is C19H23ClN2O3. The first-order valence-electron chi connectivity index (χ1n) is 8.07. The summed E-state index contributed by atoms with van der Waals surface area (Å²) in [7, 11) is 1.54. The summed E-state index contributed by atoms with van der Waals surface area (Å²) in [5, 5.41) is 3.54. The van der Waals surface area contributed by atoms with Gasteiger partial charge in [-0.3, -0.25) is 4.79 Å². The number of hydrogen-bond donors (Lipinski definition) is 2. The maximum absolute atomic E-state index is 12.2. The second-order valence-electron chi connectivity index (χ2n) is 5.83. The molecule has 0 saturated carbocycles. The Hall–Kier alpha value is -2.24. The van der Waals surface area contributed by atoms with Gasteiger partial charge in [-0.15, -0.1) is 0 Å². The Bertz CT molecular complexity index is 704. The number of nitrogens with two attached hydrogens (primary N) is 1. The summed E-state index contributed by atoms with van der Waals surface area (Å²) < 4.78 is 11.1. The fraction of sp³-hybridized carbons (Fsp3) is 0.316. The topological polar surface area (TPSA) is 73.6 Å². The Balaban J connectivity index is 2.02. The first kappa shape index (κ1) is 19.1. The molecule has 0 saturated heterocycles. The van der Waals surface area contributed by atoms with Gasteiger partial charge in [0.25, 0.3) is 5.91 Å². The molecule has 25 heavy (non-hydrogen) atoms. The Morgan fingerprint density at radius 1 is 1.20 bits per heavy atom. The Morgan fingerprint density at radius 2 is 1.92 bits per heavy atom. The first-order valence-corrected chi connectivity index (χ1v) is 8.44. The zero-order chi connectivity index (χ0) is 18.2. The van der Waals surface area contributed by atoms with Crippen LogP contribution in [0.1, 0.15) is 22.8 Å². The molecule has 1 amide bonds. The summed E-state index contributed by atoms with van der Waals surface area (Å²) in [6.07, 6.45) is 0. The van der Waals surface area contributed by atoms with Crippen LogP contribution in [0.15, 0.2) is 42.5 Å². The Labute approximate surface area is 153 Å². The summed E-state index contributed by atoms with van der Waals surface area (Å²) in [4.78, 5) is 12.2. The lowest BCUT2D eigenvalue weighted by Crippen LogP contribution is -2.31. The quantitative estimate of drug-likeness (QED) is 0.756. The van der Waals surface area contributed by atoms with Gasteiger partial charge in [-0.2, -0.15) is 0 Å². The van der Waals surface area contributed by atoms with Gasteiger partial charge in [-0.25, -0.2) is 0 Å². The smallest absolute Gasteiger partial charge is 0.251 e. The van der Waals surface area contributed by atoms with Crippen molar-refractivity contribution >= 4 is 17.5 Å². The molecule has 5 nitrogen and oxygen atoms in total. The predicted octanol–water partition coefficient (Wildman–Crippen LogP) is 3.25. The van der Waals surface area contributed by atoms with E-state index < -0.39 is 0 Å². The van der Waals surface area contributed by atoms with E-state index in [0.29, 0.717) is 41.8 Å². The van der Waals surface area contributed by atoms with Crippen LogP contribution < -0.4 is 20.5 Å². The number of hydrogen-bond acceptors (Lipinski definition) is 4. The van der Waals surface area contributed by atoms with Crippen molar-refractivity contribution in [2.75, 3.05) is 20.2 Å². The lowest BCUT2D eigenvalue weighted by Gasteiger charge is -2.13. The van der Waals surface area contributed by atoms with Gasteiger partial charge in [-0.05, 0) is 48.4 Å². The first-order chi connectivity index (χ1) is 12.0. The van der Waals surface area contributed by atoms with Crippen LogP contribution in [-0.2, 0) is 6.61 Å². The average Bonchev–Trinajstić information content (AvgIpc) is 2.65. The van der Waals surface area contributed by atoms with Crippen LogP contribution in [0.5, 0.6) is 11.5 Å². The van der Waals surface area contributed by atoms with Crippen molar-refractivity contribution in [1.82, 2.24) is 5.32 Å². The normalized spacial score (nSPS) is 11.7. The molecule has 1 unspecified atom stereocenters. The summed E-state index contributed by atoms with van der Waals surface area (Å²) in [6, 6.07) is 12.5. The van der Waals surface area contributed by atoms with E-state index in [-0.39, 0.29) is 11.8 Å². The summed E-state index contributed by atoms with van der Waals surface area (Å²) in [6.45, 7) is 3.43. The monoisotopic (exact) mass is 362 g/mol. The molecule has 0 aliphatic rings. The zero-order valence-electron chi connectivity index (χ0n) is 14.4. The predicted molar refractivity (Wildman–Crippen MR) is 99.3 cm³/mol. The number of methoxy groups -OCH3 is 1. The van der Waals surface area contributed by atoms with E-state index in [9.17, 15) is 4.79 Å². The Morgan fingerprint density at radius 3 is 2.56 bits per heavy atom. The van der Waals surface area contributed by atoms with Crippen LogP contribution in [0.25, 0.3) is 0 Å². The molecule has 0 aromatic heterocycles. The third-order valence-corrected chi connectivity index (χ3v) is 4.00. The van der Waals surface area contributed by atoms with Crippen LogP contribution in [-0.4, -0.2) is 26.1 Å². The van der Waals surface area contributed by atoms with Crippen LogP contribution in [0, 0.1) is 5.92 Å². The highest BCUT2D eigenvalue weighted by atomic mass is 35.5. The minimum atomic E-state index is -0.164. The van der Waals surface area contributed by atoms with Crippen molar-refractivity contribution in [3.8, 4) is 11.5 Å². The summed E-state index contributed by atoms with van der Waals surface area (Å²) >= 11 is 5.87. The number of halogens is 1. The third-order valence-electron chi connectivity index (χ3n) is 3.75. The zero-order valence-corrected chi connectivity index (χ0v) is 15.2. The molecule has 6 heteroatoms. The number of nitrogens with one attached hydrogen (secondary N) is 1. The minimum absolute atomic E-state index is 0.164. The molecule has 0 bridgehead atoms. The molecule has 0 radical (unpaired) electrons. The van der Waals surface area contributed by atoms with Crippen LogP contribution in [0.4, 0.5) is 0 Å². The second kappa shape index (κ2) is 9.30. The van der Waals surface area contributed by atoms with Gasteiger partial charge in [0.1, 0.15) is 6.61 Å². The molecule has 134 valence electrons. The average molecular weight is 363 g/mol. The molecular weight excluding hydrogens is 340 g/mol. The fourth-order valence-corrected chi connectivity index (χ4v) is 2.25. The van der Waals surface area contributed by atoms with Crippen molar-refractivity contribution in [3.63, 3.8) is 0 Å². The number of ether oxygens (including phenoxy) is 2. The maximum atomic E-state index is 12.2. The van der Waals surface area contributed by atoms with E-state index in [4.69, 9.17) is 26.8 Å². The van der Waals surface area contributed by atoms with E-state index >= 15 is 0 Å². The lowest BCUT2D eigenvalue weighted by molar-refractivity contribution is 0.0948. The summed E-state index contributed by atoms with van der Waals surface area (Å²) in [5.74, 6) is 1.15. The molecule has 2 aromatic carbocycles. The van der Waals surface area contributed by atoms with E-state index in [0.717, 1.165) is 5.56 Å². The van der Waals surface area contributed by atoms with Gasteiger partial charge in [0, 0.05) is 17.1 Å². The molecule has 2 rings (SSSR count). The lowest BCUT2D eigenvalue weighted by atomic mass is 10.1. The molecule has 0 fully saturated rings. The molecule has 2 aromatic rings. The van der Waals surface area contributed by atoms with Crippen LogP contribution in [0.2, 0.25) is 5.02 Å². The molecule has 0 heterocycles. The minimum Gasteiger partial charge on any atom is -0.493 e. The molecule has 3 N–H and O–H groups in total. The van der Waals surface area contributed by atoms with Gasteiger partial charge >= 0.3 is 0 Å². The SMILES string of the molecule is COc1cc(C(=O)NCC(C)CN)ccc1OCc1ccc(Cl)cc1. The number of benzene rings is 2. The van der Waals surface area contributed by atoms with E-state index in [1.807, 2.05) is 31.2 Å². The van der Waals surface area contributed by atoms with Gasteiger partial charge in [-0.1, -0.05) is 30.7 Å². The number of amides is 1. The number of carbonyl (C=O) groups excluding carboxylic acids is 1. The highest BCUT2D eigenvalue weighted by Gasteiger charge is 2.12. The standard InChI is InChI=1S/C19H23ClN2O3/c1-13(10-21)11-22-19(23)15-5-8-17(18(9-15)24-2)25-12-14-3-6-16(20)7-4-14/h3-9,13H,10-12,21H2,1-2H3,(H,22,23). The van der Waals surface area contributed by atoms with Crippen LogP contribution in [0.3, 0.4) is 0 Å². The van der Waals surface area contributed by atoms with Gasteiger partial charge in [0.05, 0.1) is 7.11 Å². The van der Waals surface area contributed by atoms with Crippen molar-refractivity contribution in [1.29, 1.82) is 0 Å². The maximum Gasteiger partial charge on any atom is 0.251 e. The van der Waals surface area contributed by atoms with Crippen molar-refractivity contribution in [2.45, 2.75) is 13.5 Å². The molecule has 0 spiro atoms. The molecule has 1 atom stereocenters. The van der Waals surface area contributed by atoms with Gasteiger partial charge in [0.15, 0.2) is 11.5 Å². The number of carbonyl (C=O) groups is 1. The van der Waals surface area contributed by atoms with E-state index in [2.05, 4.69) is 5.32 Å². The highest BCUT2D eigenvalue weighted by Crippen LogP contribution is 2.29. The van der Waals surface area contributed by atoms with Crippen molar-refractivity contribution in [2.24, 2.45) is 11.7 Å². The molecule has 0 aliphatic carbocycles. The Kier molecular flexibility index (Phi) is 7.10. The van der Waals surface area contributed by atoms with Gasteiger partial charge in [0.2, 0.25) is 0 Å². The largest absolute Gasteiger partial charge is 0.493 e. The summed E-state index contributed by atoms with van der Waals surface area (Å²) in [5.41, 5.74) is 7.06. The van der Waals surface area contributed by atoms with Crippen molar-refractivity contribution in [3.05, 3.63) is 58.6 Å². The highest BCUT2D eigenvalue weighted by molar-refractivity contribution is 6.30. The number of rotatable bonds is 8. The fourth-order valence-electron chi connectivity index (χ4n) is 2.12. The van der Waals surface area contributed by atoms with E-state index in [1.165, 1.54) is 0 Å². The third kappa shape index (κ3) is 5.66. The van der Waals surface area contributed by atoms with Crippen molar-refractivity contribution < 1.29 is 14.3 Å². The van der Waals surface area contributed by atoms with Crippen LogP contribution >= 0.6 is 11.6 Å². The second-order valence-corrected chi connectivity index (χ2v) is 6.27.